The van der Waals surface area contributed by atoms with Crippen molar-refractivity contribution in [2.24, 2.45) is 4.99 Å². The summed E-state index contributed by atoms with van der Waals surface area (Å²) in [7, 11) is 1.79. The fourth-order valence-corrected chi connectivity index (χ4v) is 4.04. The summed E-state index contributed by atoms with van der Waals surface area (Å²) in [5.41, 5.74) is 4.58. The van der Waals surface area contributed by atoms with Crippen molar-refractivity contribution < 1.29 is 9.53 Å². The van der Waals surface area contributed by atoms with Crippen LogP contribution in [0.1, 0.15) is 24.0 Å². The smallest absolute Gasteiger partial charge is 0.224 e. The lowest BCUT2D eigenvalue weighted by molar-refractivity contribution is -0.116. The largest absolute Gasteiger partial charge is 0.492 e. The molecule has 8 heteroatoms. The van der Waals surface area contributed by atoms with E-state index in [1.54, 1.807) is 7.05 Å². The summed E-state index contributed by atoms with van der Waals surface area (Å²) in [6.45, 7) is 5.31. The Kier molecular flexibility index (Phi) is 8.60. The lowest BCUT2D eigenvalue weighted by Crippen LogP contribution is -2.45. The Labute approximate surface area is 207 Å². The van der Waals surface area contributed by atoms with Crippen LogP contribution in [0.3, 0.4) is 0 Å². The standard InChI is InChI=1S/C24H31N5O2.HI/c1-17-3-6-20(7-4-17)29-13-11-19(16-29)27-24(25-2)26-12-14-31-21-8-9-22-18(15-21)5-10-23(30)28-22;/h3-4,6-9,15,19H,5,10-14,16H2,1-2H3,(H,28,30)(H2,25,26,27);1H. The van der Waals surface area contributed by atoms with Crippen LogP contribution < -0.4 is 25.6 Å². The number of carbonyl (C=O) groups excluding carboxylic acids is 1. The van der Waals surface area contributed by atoms with Gasteiger partial charge in [0, 0.05) is 44.0 Å². The zero-order valence-corrected chi connectivity index (χ0v) is 21.0. The molecular formula is C24H32IN5O2. The normalized spacial score (nSPS) is 17.8. The van der Waals surface area contributed by atoms with E-state index >= 15 is 0 Å². The molecule has 1 fully saturated rings. The molecule has 0 bridgehead atoms. The van der Waals surface area contributed by atoms with Crippen molar-refractivity contribution in [2.45, 2.75) is 32.2 Å². The molecule has 2 heterocycles. The molecule has 1 atom stereocenters. The summed E-state index contributed by atoms with van der Waals surface area (Å²) in [5.74, 6) is 1.70. The number of anilines is 2. The molecule has 2 aliphatic rings. The molecule has 4 rings (SSSR count). The predicted octanol–water partition coefficient (Wildman–Crippen LogP) is 3.32. The van der Waals surface area contributed by atoms with Crippen molar-refractivity contribution in [3.63, 3.8) is 0 Å². The third kappa shape index (κ3) is 6.27. The molecule has 2 aromatic rings. The third-order valence-electron chi connectivity index (χ3n) is 5.79. The van der Waals surface area contributed by atoms with Gasteiger partial charge < -0.3 is 25.6 Å². The van der Waals surface area contributed by atoms with Crippen LogP contribution >= 0.6 is 24.0 Å². The monoisotopic (exact) mass is 549 g/mol. The van der Waals surface area contributed by atoms with E-state index in [1.807, 2.05) is 18.2 Å². The maximum atomic E-state index is 11.5. The number of fused-ring (bicyclic) bond motifs is 1. The highest BCUT2D eigenvalue weighted by Crippen LogP contribution is 2.26. The number of hydrogen-bond acceptors (Lipinski definition) is 4. The van der Waals surface area contributed by atoms with E-state index in [0.717, 1.165) is 48.9 Å². The third-order valence-corrected chi connectivity index (χ3v) is 5.79. The van der Waals surface area contributed by atoms with Gasteiger partial charge in [0.25, 0.3) is 0 Å². The van der Waals surface area contributed by atoms with Crippen LogP contribution in [-0.4, -0.2) is 51.2 Å². The molecule has 1 saturated heterocycles. The Morgan fingerprint density at radius 2 is 2.03 bits per heavy atom. The van der Waals surface area contributed by atoms with Crippen molar-refractivity contribution in [3.8, 4) is 5.75 Å². The number of nitrogens with one attached hydrogen (secondary N) is 3. The van der Waals surface area contributed by atoms with Gasteiger partial charge in [0.15, 0.2) is 5.96 Å². The molecule has 32 heavy (non-hydrogen) atoms. The van der Waals surface area contributed by atoms with E-state index in [-0.39, 0.29) is 29.9 Å². The topological polar surface area (TPSA) is 78.0 Å². The maximum absolute atomic E-state index is 11.5. The van der Waals surface area contributed by atoms with Crippen LogP contribution in [0.15, 0.2) is 47.5 Å². The highest BCUT2D eigenvalue weighted by Gasteiger charge is 2.23. The number of nitrogens with zero attached hydrogens (tertiary/aromatic N) is 2. The predicted molar refractivity (Wildman–Crippen MR) is 141 cm³/mol. The van der Waals surface area contributed by atoms with Gasteiger partial charge >= 0.3 is 0 Å². The number of amides is 1. The minimum Gasteiger partial charge on any atom is -0.492 e. The zero-order valence-electron chi connectivity index (χ0n) is 18.7. The lowest BCUT2D eigenvalue weighted by atomic mass is 10.0. The molecule has 0 aromatic heterocycles. The van der Waals surface area contributed by atoms with Gasteiger partial charge in [0.05, 0.1) is 6.54 Å². The quantitative estimate of drug-likeness (QED) is 0.223. The van der Waals surface area contributed by atoms with Crippen LogP contribution in [0.25, 0.3) is 0 Å². The summed E-state index contributed by atoms with van der Waals surface area (Å²) in [5, 5.41) is 9.75. The fraction of sp³-hybridized carbons (Fsp3) is 0.417. The second-order valence-corrected chi connectivity index (χ2v) is 8.13. The SMILES string of the molecule is CN=C(NCCOc1ccc2c(c1)CCC(=O)N2)NC1CCN(c2ccc(C)cc2)C1.I. The molecule has 172 valence electrons. The van der Waals surface area contributed by atoms with E-state index in [9.17, 15) is 4.79 Å². The average molecular weight is 549 g/mol. The van der Waals surface area contributed by atoms with Gasteiger partial charge in [-0.2, -0.15) is 0 Å². The van der Waals surface area contributed by atoms with Crippen molar-refractivity contribution in [3.05, 3.63) is 53.6 Å². The van der Waals surface area contributed by atoms with Gasteiger partial charge in [-0.3, -0.25) is 9.79 Å². The van der Waals surface area contributed by atoms with Gasteiger partial charge in [-0.25, -0.2) is 0 Å². The molecule has 0 aliphatic carbocycles. The summed E-state index contributed by atoms with van der Waals surface area (Å²) in [6.07, 6.45) is 2.37. The molecule has 1 unspecified atom stereocenters. The fourth-order valence-electron chi connectivity index (χ4n) is 4.04. The lowest BCUT2D eigenvalue weighted by Gasteiger charge is -2.21. The first kappa shape index (κ1) is 24.2. The van der Waals surface area contributed by atoms with Crippen LogP contribution in [0.2, 0.25) is 0 Å². The van der Waals surface area contributed by atoms with Gasteiger partial charge in [0.1, 0.15) is 12.4 Å². The van der Waals surface area contributed by atoms with Crippen LogP contribution in [0.5, 0.6) is 5.75 Å². The van der Waals surface area contributed by atoms with Crippen LogP contribution in [-0.2, 0) is 11.2 Å². The van der Waals surface area contributed by atoms with Crippen molar-refractivity contribution in [1.29, 1.82) is 0 Å². The molecule has 0 radical (unpaired) electrons. The minimum atomic E-state index is 0. The van der Waals surface area contributed by atoms with E-state index in [2.05, 4.69) is 57.0 Å². The number of benzene rings is 2. The van der Waals surface area contributed by atoms with Crippen LogP contribution in [0, 0.1) is 6.92 Å². The van der Waals surface area contributed by atoms with Crippen molar-refractivity contribution in [1.82, 2.24) is 10.6 Å². The second-order valence-electron chi connectivity index (χ2n) is 8.13. The van der Waals surface area contributed by atoms with Gasteiger partial charge in [-0.1, -0.05) is 17.7 Å². The summed E-state index contributed by atoms with van der Waals surface area (Å²) < 4.78 is 5.88. The van der Waals surface area contributed by atoms with E-state index in [4.69, 9.17) is 4.74 Å². The molecule has 3 N–H and O–H groups in total. The van der Waals surface area contributed by atoms with Crippen molar-refractivity contribution >= 4 is 47.2 Å². The maximum Gasteiger partial charge on any atom is 0.224 e. The Bertz CT molecular complexity index is 948. The number of aryl methyl sites for hydroxylation is 2. The summed E-state index contributed by atoms with van der Waals surface area (Å²) in [4.78, 5) is 18.2. The van der Waals surface area contributed by atoms with Gasteiger partial charge in [0.2, 0.25) is 5.91 Å². The number of aliphatic imine (C=N–C) groups is 1. The van der Waals surface area contributed by atoms with Crippen molar-refractivity contribution in [2.75, 3.05) is 43.5 Å². The Balaban J connectivity index is 0.00000289. The number of ether oxygens (including phenoxy) is 1. The highest BCUT2D eigenvalue weighted by atomic mass is 127. The Hall–Kier alpha value is -2.49. The number of halogens is 1. The number of guanidine groups is 1. The van der Waals surface area contributed by atoms with E-state index < -0.39 is 0 Å². The van der Waals surface area contributed by atoms with E-state index in [0.29, 0.717) is 25.6 Å². The molecule has 0 spiro atoms. The first-order chi connectivity index (χ1) is 15.1. The zero-order chi connectivity index (χ0) is 21.6. The Morgan fingerprint density at radius 3 is 2.81 bits per heavy atom. The first-order valence-corrected chi connectivity index (χ1v) is 10.9. The number of hydrogen-bond donors (Lipinski definition) is 3. The first-order valence-electron chi connectivity index (χ1n) is 10.9. The number of carbonyl (C=O) groups is 1. The van der Waals surface area contributed by atoms with Gasteiger partial charge in [-0.15, -0.1) is 24.0 Å². The molecule has 0 saturated carbocycles. The second kappa shape index (κ2) is 11.4. The highest BCUT2D eigenvalue weighted by molar-refractivity contribution is 14.0. The average Bonchev–Trinajstić information content (AvgIpc) is 3.25. The summed E-state index contributed by atoms with van der Waals surface area (Å²) >= 11 is 0. The molecule has 2 aliphatic heterocycles. The van der Waals surface area contributed by atoms with Crippen LogP contribution in [0.4, 0.5) is 11.4 Å². The molecule has 7 nitrogen and oxygen atoms in total. The van der Waals surface area contributed by atoms with Gasteiger partial charge in [-0.05, 0) is 55.7 Å². The minimum absolute atomic E-state index is 0. The van der Waals surface area contributed by atoms with E-state index in [1.165, 1.54) is 11.3 Å². The molecule has 1 amide bonds. The Morgan fingerprint density at radius 1 is 1.22 bits per heavy atom. The summed E-state index contributed by atoms with van der Waals surface area (Å²) in [6, 6.07) is 14.9. The number of rotatable bonds is 6. The molecular weight excluding hydrogens is 517 g/mol. The molecule has 2 aromatic carbocycles.